The number of rotatable bonds is 3. The Morgan fingerprint density at radius 1 is 0.283 bits per heavy atom. The Hall–Kier alpha value is -6.50. The third-order valence-electron chi connectivity index (χ3n) is 12.0. The summed E-state index contributed by atoms with van der Waals surface area (Å²) in [5.41, 5.74) is 13.0. The maximum Gasteiger partial charge on any atom is 0.0159 e. The van der Waals surface area contributed by atoms with Crippen LogP contribution in [0, 0.1) is 0 Å². The van der Waals surface area contributed by atoms with E-state index in [0.717, 1.165) is 0 Å². The number of fused-ring (bicyclic) bond motifs is 10. The van der Waals surface area contributed by atoms with E-state index in [-0.39, 0.29) is 5.41 Å². The topological polar surface area (TPSA) is 0 Å². The van der Waals surface area contributed by atoms with Gasteiger partial charge in [0.1, 0.15) is 0 Å². The summed E-state index contributed by atoms with van der Waals surface area (Å²) in [4.78, 5) is 0. The molecule has 248 valence electrons. The molecule has 0 heteroatoms. The van der Waals surface area contributed by atoms with Gasteiger partial charge in [0.15, 0.2) is 0 Å². The van der Waals surface area contributed by atoms with Crippen LogP contribution in [0.1, 0.15) is 25.0 Å². The lowest BCUT2D eigenvalue weighted by atomic mass is 9.80. The van der Waals surface area contributed by atoms with E-state index in [9.17, 15) is 0 Å². The Kier molecular flexibility index (Phi) is 6.40. The fraction of sp³-hybridized carbons (Fsp3) is 0.0566. The van der Waals surface area contributed by atoms with E-state index in [1.54, 1.807) is 0 Å². The van der Waals surface area contributed by atoms with Crippen molar-refractivity contribution < 1.29 is 0 Å². The van der Waals surface area contributed by atoms with Gasteiger partial charge in [-0.05, 0) is 128 Å². The normalized spacial score (nSPS) is 13.2. The van der Waals surface area contributed by atoms with Crippen molar-refractivity contribution in [1.29, 1.82) is 0 Å². The molecule has 0 heterocycles. The highest BCUT2D eigenvalue weighted by Crippen LogP contribution is 2.51. The Balaban J connectivity index is 1.05. The zero-order chi connectivity index (χ0) is 35.3. The Morgan fingerprint density at radius 3 is 1.43 bits per heavy atom. The maximum atomic E-state index is 2.46. The average molecular weight is 673 g/mol. The monoisotopic (exact) mass is 672 g/mol. The molecule has 0 amide bonds. The summed E-state index contributed by atoms with van der Waals surface area (Å²) in [6.45, 7) is 4.78. The average Bonchev–Trinajstić information content (AvgIpc) is 3.44. The fourth-order valence-corrected chi connectivity index (χ4v) is 9.45. The molecule has 0 N–H and O–H groups in total. The van der Waals surface area contributed by atoms with Crippen LogP contribution in [0.5, 0.6) is 0 Å². The molecule has 1 aliphatic carbocycles. The van der Waals surface area contributed by atoms with E-state index in [2.05, 4.69) is 196 Å². The molecule has 0 saturated heterocycles. The number of hydrogen-bond donors (Lipinski definition) is 0. The highest BCUT2D eigenvalue weighted by atomic mass is 14.4. The summed E-state index contributed by atoms with van der Waals surface area (Å²) < 4.78 is 0. The molecule has 0 fully saturated rings. The Labute approximate surface area is 309 Å². The summed E-state index contributed by atoms with van der Waals surface area (Å²) in [5.74, 6) is 0. The van der Waals surface area contributed by atoms with Crippen LogP contribution in [0.4, 0.5) is 0 Å². The summed E-state index contributed by atoms with van der Waals surface area (Å²) in [6.07, 6.45) is 0. The van der Waals surface area contributed by atoms with Gasteiger partial charge in [-0.1, -0.05) is 178 Å². The highest BCUT2D eigenvalue weighted by molar-refractivity contribution is 6.24. The van der Waals surface area contributed by atoms with Gasteiger partial charge in [-0.15, -0.1) is 0 Å². The largest absolute Gasteiger partial charge is 0.0616 e. The van der Waals surface area contributed by atoms with Crippen molar-refractivity contribution in [3.63, 3.8) is 0 Å². The zero-order valence-corrected chi connectivity index (χ0v) is 29.8. The first-order valence-electron chi connectivity index (χ1n) is 18.7. The minimum atomic E-state index is -0.134. The van der Waals surface area contributed by atoms with Crippen molar-refractivity contribution in [3.8, 4) is 44.5 Å². The van der Waals surface area contributed by atoms with Gasteiger partial charge in [0.2, 0.25) is 0 Å². The van der Waals surface area contributed by atoms with Crippen molar-refractivity contribution in [1.82, 2.24) is 0 Å². The van der Waals surface area contributed by atoms with Crippen LogP contribution in [-0.2, 0) is 5.41 Å². The lowest BCUT2D eigenvalue weighted by Crippen LogP contribution is -2.15. The lowest BCUT2D eigenvalue weighted by Gasteiger charge is -2.23. The van der Waals surface area contributed by atoms with Gasteiger partial charge in [0.25, 0.3) is 0 Å². The third-order valence-corrected chi connectivity index (χ3v) is 12.0. The van der Waals surface area contributed by atoms with Crippen molar-refractivity contribution in [2.45, 2.75) is 19.3 Å². The maximum absolute atomic E-state index is 2.46. The second kappa shape index (κ2) is 11.2. The summed E-state index contributed by atoms with van der Waals surface area (Å²) in [6, 6.07) is 67.9. The lowest BCUT2D eigenvalue weighted by molar-refractivity contribution is 0.661. The number of benzene rings is 10. The molecule has 1 aliphatic rings. The zero-order valence-electron chi connectivity index (χ0n) is 29.8. The van der Waals surface area contributed by atoms with Gasteiger partial charge in [0.05, 0.1) is 0 Å². The van der Waals surface area contributed by atoms with Crippen LogP contribution >= 0.6 is 0 Å². The molecule has 0 aliphatic heterocycles. The van der Waals surface area contributed by atoms with E-state index in [1.807, 2.05) is 0 Å². The third kappa shape index (κ3) is 4.42. The van der Waals surface area contributed by atoms with Crippen LogP contribution in [0.2, 0.25) is 0 Å². The van der Waals surface area contributed by atoms with Crippen molar-refractivity contribution in [2.75, 3.05) is 0 Å². The minimum absolute atomic E-state index is 0.134. The molecule has 0 atom stereocenters. The fourth-order valence-electron chi connectivity index (χ4n) is 9.45. The van der Waals surface area contributed by atoms with Crippen molar-refractivity contribution in [2.24, 2.45) is 0 Å². The van der Waals surface area contributed by atoms with Crippen molar-refractivity contribution >= 4 is 53.9 Å². The van der Waals surface area contributed by atoms with Gasteiger partial charge < -0.3 is 0 Å². The van der Waals surface area contributed by atoms with E-state index >= 15 is 0 Å². The van der Waals surface area contributed by atoms with E-state index in [1.165, 1.54) is 109 Å². The van der Waals surface area contributed by atoms with E-state index < -0.39 is 0 Å². The SMILES string of the molecule is CC1(C)c2cc(-c3cccc4ccccc34)ccc2-c2ccc(-c3cccc4c(-c5cc6ccc7ccccc7c6c6ccccc56)cccc34)cc21. The van der Waals surface area contributed by atoms with Crippen LogP contribution in [-0.4, -0.2) is 0 Å². The molecule has 0 aromatic heterocycles. The summed E-state index contributed by atoms with van der Waals surface area (Å²) >= 11 is 0. The molecule has 53 heavy (non-hydrogen) atoms. The second-order valence-electron chi connectivity index (χ2n) is 15.2. The standard InChI is InChI=1S/C53H36/c1-53(2)50-31-35(39-19-9-14-33-12-3-5-15-38(33)39)26-28-46(50)47-29-27-36(32-51(47)53)40-20-10-22-43-42(40)21-11-23-44(43)49-30-37-25-24-34-13-4-6-16-41(34)52(37)48-18-8-7-17-45(48)49/h3-32H,1-2H3. The van der Waals surface area contributed by atoms with Gasteiger partial charge in [-0.3, -0.25) is 0 Å². The van der Waals surface area contributed by atoms with Crippen LogP contribution in [0.3, 0.4) is 0 Å². The van der Waals surface area contributed by atoms with Gasteiger partial charge in [-0.2, -0.15) is 0 Å². The van der Waals surface area contributed by atoms with Gasteiger partial charge in [-0.25, -0.2) is 0 Å². The quantitative estimate of drug-likeness (QED) is 0.164. The molecule has 10 aromatic carbocycles. The minimum Gasteiger partial charge on any atom is -0.0616 e. The Morgan fingerprint density at radius 2 is 0.736 bits per heavy atom. The van der Waals surface area contributed by atoms with Gasteiger partial charge in [0, 0.05) is 5.41 Å². The second-order valence-corrected chi connectivity index (χ2v) is 15.2. The molecule has 0 spiro atoms. The first kappa shape index (κ1) is 30.2. The highest BCUT2D eigenvalue weighted by Gasteiger charge is 2.36. The van der Waals surface area contributed by atoms with E-state index in [0.29, 0.717) is 0 Å². The van der Waals surface area contributed by atoms with Crippen molar-refractivity contribution in [3.05, 3.63) is 193 Å². The molecular weight excluding hydrogens is 637 g/mol. The predicted molar refractivity (Wildman–Crippen MR) is 228 cm³/mol. The molecule has 0 nitrogen and oxygen atoms in total. The van der Waals surface area contributed by atoms with E-state index in [4.69, 9.17) is 0 Å². The van der Waals surface area contributed by atoms with Crippen LogP contribution in [0.25, 0.3) is 98.4 Å². The first-order chi connectivity index (χ1) is 26.0. The first-order valence-corrected chi connectivity index (χ1v) is 18.7. The van der Waals surface area contributed by atoms with Gasteiger partial charge >= 0.3 is 0 Å². The molecule has 10 aromatic rings. The van der Waals surface area contributed by atoms with Crippen LogP contribution in [0.15, 0.2) is 182 Å². The molecule has 0 bridgehead atoms. The molecule has 11 rings (SSSR count). The predicted octanol–water partition coefficient (Wildman–Crippen LogP) is 14.8. The molecule has 0 saturated carbocycles. The van der Waals surface area contributed by atoms with Crippen LogP contribution < -0.4 is 0 Å². The molecule has 0 unspecified atom stereocenters. The molecular formula is C53H36. The smallest absolute Gasteiger partial charge is 0.0159 e. The summed E-state index contributed by atoms with van der Waals surface area (Å²) in [5, 5.41) is 12.9. The number of hydrogen-bond acceptors (Lipinski definition) is 0. The molecule has 0 radical (unpaired) electrons. The summed E-state index contributed by atoms with van der Waals surface area (Å²) in [7, 11) is 0. The Bertz CT molecular complexity index is 3130.